The van der Waals surface area contributed by atoms with Crippen LogP contribution in [0.4, 0.5) is 24.5 Å². The topological polar surface area (TPSA) is 60.9 Å². The van der Waals surface area contributed by atoms with E-state index in [-0.39, 0.29) is 6.42 Å². The number of hydrogen-bond acceptors (Lipinski definition) is 6. The maximum Gasteiger partial charge on any atom is 0.491 e. The fourth-order valence-corrected chi connectivity index (χ4v) is 4.32. The van der Waals surface area contributed by atoms with Gasteiger partial charge in [0.2, 0.25) is 0 Å². The largest absolute Gasteiger partial charge is 0.497 e. The number of hydrogen-bond donors (Lipinski definition) is 0. The number of pyridine rings is 1. The van der Waals surface area contributed by atoms with Crippen LogP contribution in [-0.2, 0) is 16.0 Å². The van der Waals surface area contributed by atoms with Gasteiger partial charge in [-0.25, -0.2) is 4.79 Å². The van der Waals surface area contributed by atoms with E-state index in [0.717, 1.165) is 0 Å². The summed E-state index contributed by atoms with van der Waals surface area (Å²) in [5.41, 5.74) is 3.13. The van der Waals surface area contributed by atoms with Gasteiger partial charge < -0.3 is 19.1 Å². The number of esters is 1. The highest BCUT2D eigenvalue weighted by atomic mass is 19.4. The molecule has 4 aromatic rings. The first-order chi connectivity index (χ1) is 17.2. The third-order valence-corrected chi connectivity index (χ3v) is 5.95. The van der Waals surface area contributed by atoms with Crippen molar-refractivity contribution in [1.29, 1.82) is 0 Å². The van der Waals surface area contributed by atoms with Gasteiger partial charge in [0.25, 0.3) is 0 Å². The van der Waals surface area contributed by atoms with Crippen molar-refractivity contribution in [2.75, 3.05) is 12.0 Å². The number of fused-ring (bicyclic) bond motifs is 3. The van der Waals surface area contributed by atoms with Crippen molar-refractivity contribution in [2.45, 2.75) is 25.7 Å². The molecule has 1 aromatic heterocycles. The number of ether oxygens (including phenoxy) is 3. The molecule has 9 heteroatoms. The van der Waals surface area contributed by atoms with Gasteiger partial charge in [0, 0.05) is 28.8 Å². The Morgan fingerprint density at radius 3 is 2.31 bits per heavy atom. The van der Waals surface area contributed by atoms with Crippen LogP contribution in [0, 0.1) is 6.92 Å². The maximum atomic E-state index is 13.1. The van der Waals surface area contributed by atoms with Gasteiger partial charge in [-0.3, -0.25) is 4.98 Å². The number of para-hydroxylation sites is 1. The summed E-state index contributed by atoms with van der Waals surface area (Å²) in [7, 11) is 1.53. The first-order valence-electron chi connectivity index (χ1n) is 11.1. The Morgan fingerprint density at radius 1 is 0.972 bits per heavy atom. The fourth-order valence-electron chi connectivity index (χ4n) is 4.32. The smallest absolute Gasteiger partial charge is 0.491 e. The first kappa shape index (κ1) is 23.5. The molecule has 0 saturated heterocycles. The Morgan fingerprint density at radius 2 is 1.64 bits per heavy atom. The van der Waals surface area contributed by atoms with E-state index in [1.807, 2.05) is 30.3 Å². The number of aromatic nitrogens is 1. The Balaban J connectivity index is 1.60. The lowest BCUT2D eigenvalue weighted by molar-refractivity contribution is -0.204. The Hall–Kier alpha value is -4.27. The lowest BCUT2D eigenvalue weighted by Gasteiger charge is -2.28. The highest BCUT2D eigenvalue weighted by molar-refractivity contribution is 5.98. The molecule has 3 aromatic carbocycles. The van der Waals surface area contributed by atoms with Crippen molar-refractivity contribution in [3.63, 3.8) is 0 Å². The number of rotatable bonds is 5. The lowest BCUT2D eigenvalue weighted by Crippen LogP contribution is -2.37. The van der Waals surface area contributed by atoms with Gasteiger partial charge >= 0.3 is 12.1 Å². The summed E-state index contributed by atoms with van der Waals surface area (Å²) in [5.74, 6) is -0.487. The Kier molecular flexibility index (Phi) is 5.91. The van der Waals surface area contributed by atoms with Crippen molar-refractivity contribution in [3.8, 4) is 17.2 Å². The van der Waals surface area contributed by atoms with Crippen LogP contribution in [0.15, 0.2) is 72.8 Å². The summed E-state index contributed by atoms with van der Waals surface area (Å²) < 4.78 is 55.5. The summed E-state index contributed by atoms with van der Waals surface area (Å²) in [4.78, 5) is 18.0. The van der Waals surface area contributed by atoms with Gasteiger partial charge in [-0.1, -0.05) is 18.2 Å². The van der Waals surface area contributed by atoms with E-state index in [1.165, 1.54) is 7.11 Å². The van der Waals surface area contributed by atoms with E-state index >= 15 is 0 Å². The number of halogens is 3. The minimum atomic E-state index is -5.12. The van der Waals surface area contributed by atoms with Crippen LogP contribution < -0.4 is 14.4 Å². The van der Waals surface area contributed by atoms with Crippen LogP contribution in [0.1, 0.15) is 11.3 Å². The monoisotopic (exact) mass is 494 g/mol. The molecule has 0 saturated carbocycles. The minimum absolute atomic E-state index is 0.0470. The van der Waals surface area contributed by atoms with Gasteiger partial charge in [0.1, 0.15) is 17.2 Å². The average molecular weight is 494 g/mol. The quantitative estimate of drug-likeness (QED) is 0.297. The predicted octanol–water partition coefficient (Wildman–Crippen LogP) is 6.47. The molecule has 0 fully saturated rings. The van der Waals surface area contributed by atoms with Gasteiger partial charge in [0.05, 0.1) is 18.3 Å². The van der Waals surface area contributed by atoms with Crippen molar-refractivity contribution < 1.29 is 32.2 Å². The Bertz CT molecular complexity index is 1420. The average Bonchev–Trinajstić information content (AvgIpc) is 3.24. The summed E-state index contributed by atoms with van der Waals surface area (Å²) >= 11 is 0. The number of alkyl halides is 3. The second-order valence-corrected chi connectivity index (χ2v) is 8.25. The molecule has 5 rings (SSSR count). The molecule has 1 aliphatic heterocycles. The van der Waals surface area contributed by atoms with E-state index in [1.54, 1.807) is 54.3 Å². The van der Waals surface area contributed by atoms with E-state index in [2.05, 4.69) is 4.98 Å². The minimum Gasteiger partial charge on any atom is -0.497 e. The zero-order chi connectivity index (χ0) is 25.4. The van der Waals surface area contributed by atoms with Crippen LogP contribution in [0.3, 0.4) is 0 Å². The summed E-state index contributed by atoms with van der Waals surface area (Å²) in [6.45, 7) is 1.78. The molecule has 0 bridgehead atoms. The molecule has 0 radical (unpaired) electrons. The summed E-state index contributed by atoms with van der Waals surface area (Å²) in [6.07, 6.45) is -6.29. The number of carbonyl (C=O) groups excluding carboxylic acids is 1. The van der Waals surface area contributed by atoms with E-state index < -0.39 is 18.4 Å². The third-order valence-electron chi connectivity index (χ3n) is 5.95. The van der Waals surface area contributed by atoms with Crippen LogP contribution >= 0.6 is 0 Å². The number of carbonyl (C=O) groups is 1. The first-order valence-corrected chi connectivity index (χ1v) is 11.1. The predicted molar refractivity (Wildman–Crippen MR) is 128 cm³/mol. The molecule has 0 amide bonds. The maximum absolute atomic E-state index is 13.1. The van der Waals surface area contributed by atoms with E-state index in [4.69, 9.17) is 14.2 Å². The van der Waals surface area contributed by atoms with Gasteiger partial charge in [0.15, 0.2) is 6.23 Å². The molecule has 6 nitrogen and oxygen atoms in total. The number of anilines is 2. The number of aryl methyl sites for hydroxylation is 1. The molecule has 1 aliphatic rings. The van der Waals surface area contributed by atoms with Crippen molar-refractivity contribution >= 4 is 28.2 Å². The highest BCUT2D eigenvalue weighted by Gasteiger charge is 2.45. The molecule has 36 heavy (non-hydrogen) atoms. The van der Waals surface area contributed by atoms with Crippen LogP contribution in [-0.4, -0.2) is 30.5 Å². The van der Waals surface area contributed by atoms with Crippen LogP contribution in [0.5, 0.6) is 17.2 Å². The van der Waals surface area contributed by atoms with Crippen LogP contribution in [0.2, 0.25) is 0 Å². The van der Waals surface area contributed by atoms with Crippen molar-refractivity contribution in [1.82, 2.24) is 4.98 Å². The molecule has 0 aliphatic carbocycles. The van der Waals surface area contributed by atoms with Crippen molar-refractivity contribution in [3.05, 3.63) is 84.1 Å². The molecule has 0 N–H and O–H groups in total. The molecule has 1 unspecified atom stereocenters. The molecule has 0 spiro atoms. The van der Waals surface area contributed by atoms with Crippen LogP contribution in [0.25, 0.3) is 10.9 Å². The fraction of sp³-hybridized carbons (Fsp3) is 0.185. The second kappa shape index (κ2) is 9.07. The van der Waals surface area contributed by atoms with Crippen molar-refractivity contribution in [2.24, 2.45) is 0 Å². The molecule has 2 heterocycles. The standard InChI is InChI=1S/C27H21F3N2O4/c1-16-21-15-24(36-26(33)27(28,29)30)32(25(21)22-14-20(34-2)12-13-23(22)31-16)17-8-10-19(11-9-17)35-18-6-4-3-5-7-18/h3-14,24H,15H2,1-2H3. The van der Waals surface area contributed by atoms with Gasteiger partial charge in [-0.15, -0.1) is 0 Å². The highest BCUT2D eigenvalue weighted by Crippen LogP contribution is 2.45. The molecule has 1 atom stereocenters. The van der Waals surface area contributed by atoms with Gasteiger partial charge in [-0.05, 0) is 61.5 Å². The lowest BCUT2D eigenvalue weighted by atomic mass is 10.1. The third kappa shape index (κ3) is 4.39. The number of methoxy groups -OCH3 is 1. The number of benzene rings is 3. The summed E-state index contributed by atoms with van der Waals surface area (Å²) in [6, 6.07) is 21.4. The SMILES string of the molecule is COc1ccc2nc(C)c3c(c2c1)N(c1ccc(Oc2ccccc2)cc1)C(OC(=O)C(F)(F)F)C3. The van der Waals surface area contributed by atoms with E-state index in [9.17, 15) is 18.0 Å². The van der Waals surface area contributed by atoms with Gasteiger partial charge in [-0.2, -0.15) is 13.2 Å². The molecular weight excluding hydrogens is 473 g/mol. The summed E-state index contributed by atoms with van der Waals surface area (Å²) in [5, 5.41) is 0.671. The molecular formula is C27H21F3N2O4. The zero-order valence-corrected chi connectivity index (χ0v) is 19.4. The Labute approximate surface area is 204 Å². The second-order valence-electron chi connectivity index (χ2n) is 8.25. The van der Waals surface area contributed by atoms with E-state index in [0.29, 0.717) is 50.8 Å². The zero-order valence-electron chi connectivity index (χ0n) is 19.4. The normalized spacial score (nSPS) is 15.0. The number of nitrogens with zero attached hydrogens (tertiary/aromatic N) is 2. The molecule has 184 valence electrons.